The molecular formula is C16H24ClFN2O. The van der Waals surface area contributed by atoms with Crippen LogP contribution in [0.3, 0.4) is 0 Å². The maximum Gasteiger partial charge on any atom is 0.173 e. The number of ether oxygens (including phenoxy) is 1. The molecule has 0 radical (unpaired) electrons. The van der Waals surface area contributed by atoms with Gasteiger partial charge in [0.25, 0.3) is 0 Å². The zero-order chi connectivity index (χ0) is 15.2. The second kappa shape index (κ2) is 7.97. The predicted molar refractivity (Wildman–Crippen MR) is 84.7 cm³/mol. The van der Waals surface area contributed by atoms with Crippen molar-refractivity contribution in [1.29, 1.82) is 0 Å². The van der Waals surface area contributed by atoms with Gasteiger partial charge in [-0.2, -0.15) is 0 Å². The quantitative estimate of drug-likeness (QED) is 0.868. The minimum absolute atomic E-state index is 0.165. The number of nitrogens with one attached hydrogen (secondary N) is 1. The van der Waals surface area contributed by atoms with Gasteiger partial charge in [0.15, 0.2) is 11.6 Å². The van der Waals surface area contributed by atoms with Gasteiger partial charge >= 0.3 is 0 Å². The van der Waals surface area contributed by atoms with E-state index in [4.69, 9.17) is 16.3 Å². The summed E-state index contributed by atoms with van der Waals surface area (Å²) in [4.78, 5) is 2.41. The Hall–Kier alpha value is -0.840. The molecule has 118 valence electrons. The van der Waals surface area contributed by atoms with Gasteiger partial charge in [0.1, 0.15) is 0 Å². The lowest BCUT2D eigenvalue weighted by Gasteiger charge is -2.35. The summed E-state index contributed by atoms with van der Waals surface area (Å²) < 4.78 is 19.5. The van der Waals surface area contributed by atoms with E-state index in [2.05, 4.69) is 17.1 Å². The van der Waals surface area contributed by atoms with Gasteiger partial charge in [-0.15, -0.1) is 0 Å². The average Bonchev–Trinajstić information content (AvgIpc) is 2.49. The second-order valence-corrected chi connectivity index (χ2v) is 5.74. The number of rotatable bonds is 6. The van der Waals surface area contributed by atoms with Crippen LogP contribution in [0.4, 0.5) is 4.39 Å². The van der Waals surface area contributed by atoms with Crippen LogP contribution in [0.15, 0.2) is 12.1 Å². The molecule has 1 saturated heterocycles. The molecule has 1 N–H and O–H groups in total. The monoisotopic (exact) mass is 314 g/mol. The third-order valence-corrected chi connectivity index (χ3v) is 4.13. The first kappa shape index (κ1) is 16.5. The molecule has 1 aromatic rings. The highest BCUT2D eigenvalue weighted by atomic mass is 35.5. The molecule has 1 aliphatic rings. The Bertz CT molecular complexity index is 441. The Kier molecular flexibility index (Phi) is 6.27. The highest BCUT2D eigenvalue weighted by Crippen LogP contribution is 2.34. The molecule has 5 heteroatoms. The molecule has 0 spiro atoms. The Morgan fingerprint density at radius 2 is 2.05 bits per heavy atom. The van der Waals surface area contributed by atoms with E-state index in [0.717, 1.165) is 44.6 Å². The summed E-state index contributed by atoms with van der Waals surface area (Å²) in [5.74, 6) is -0.200. The lowest BCUT2D eigenvalue weighted by molar-refractivity contribution is 0.164. The number of benzene rings is 1. The average molecular weight is 315 g/mol. The standard InChI is InChI=1S/C16H24ClFN2O/c1-3-5-15(20-8-6-19-7-9-20)12-10-13(17)16(21-4-2)14(18)11-12/h10-11,15,19H,3-9H2,1-2H3/t15-/m0/s1. The number of piperazine rings is 1. The van der Waals surface area contributed by atoms with Crippen LogP contribution in [-0.4, -0.2) is 37.7 Å². The Labute approximate surface area is 131 Å². The highest BCUT2D eigenvalue weighted by molar-refractivity contribution is 6.32. The van der Waals surface area contributed by atoms with Gasteiger partial charge in [0.05, 0.1) is 11.6 Å². The minimum Gasteiger partial charge on any atom is -0.489 e. The van der Waals surface area contributed by atoms with Crippen molar-refractivity contribution in [2.24, 2.45) is 0 Å². The molecule has 1 heterocycles. The molecule has 0 unspecified atom stereocenters. The Balaban J connectivity index is 2.27. The van der Waals surface area contributed by atoms with E-state index in [1.807, 2.05) is 13.0 Å². The molecule has 3 nitrogen and oxygen atoms in total. The zero-order valence-corrected chi connectivity index (χ0v) is 13.5. The van der Waals surface area contributed by atoms with Crippen molar-refractivity contribution in [3.05, 3.63) is 28.5 Å². The van der Waals surface area contributed by atoms with Crippen LogP contribution >= 0.6 is 11.6 Å². The zero-order valence-electron chi connectivity index (χ0n) is 12.8. The van der Waals surface area contributed by atoms with E-state index in [-0.39, 0.29) is 17.6 Å². The van der Waals surface area contributed by atoms with Crippen molar-refractivity contribution in [2.45, 2.75) is 32.7 Å². The summed E-state index contributed by atoms with van der Waals surface area (Å²) in [6.45, 7) is 8.31. The molecule has 0 saturated carbocycles. The molecule has 0 bridgehead atoms. The van der Waals surface area contributed by atoms with Crippen molar-refractivity contribution in [2.75, 3.05) is 32.8 Å². The summed E-state index contributed by atoms with van der Waals surface area (Å²) in [6.07, 6.45) is 2.06. The van der Waals surface area contributed by atoms with Gasteiger partial charge in [-0.3, -0.25) is 4.90 Å². The van der Waals surface area contributed by atoms with Gasteiger partial charge in [0.2, 0.25) is 0 Å². The Morgan fingerprint density at radius 3 is 2.62 bits per heavy atom. The normalized spacial score (nSPS) is 17.7. The lowest BCUT2D eigenvalue weighted by atomic mass is 9.99. The van der Waals surface area contributed by atoms with Crippen molar-refractivity contribution in [1.82, 2.24) is 10.2 Å². The molecule has 1 aromatic carbocycles. The van der Waals surface area contributed by atoms with Gasteiger partial charge in [-0.25, -0.2) is 4.39 Å². The number of hydrogen-bond donors (Lipinski definition) is 1. The van der Waals surface area contributed by atoms with Crippen molar-refractivity contribution in [3.8, 4) is 5.75 Å². The van der Waals surface area contributed by atoms with Gasteiger partial charge < -0.3 is 10.1 Å². The molecule has 2 rings (SSSR count). The largest absolute Gasteiger partial charge is 0.489 e. The van der Waals surface area contributed by atoms with Crippen molar-refractivity contribution in [3.63, 3.8) is 0 Å². The molecule has 1 fully saturated rings. The summed E-state index contributed by atoms with van der Waals surface area (Å²) >= 11 is 6.20. The summed E-state index contributed by atoms with van der Waals surface area (Å²) in [5, 5.41) is 3.71. The Morgan fingerprint density at radius 1 is 1.33 bits per heavy atom. The molecule has 1 aliphatic heterocycles. The smallest absolute Gasteiger partial charge is 0.173 e. The molecule has 1 atom stereocenters. The fraction of sp³-hybridized carbons (Fsp3) is 0.625. The maximum absolute atomic E-state index is 14.2. The number of nitrogens with zero attached hydrogens (tertiary/aromatic N) is 1. The third kappa shape index (κ3) is 4.09. The van der Waals surface area contributed by atoms with Crippen molar-refractivity contribution < 1.29 is 9.13 Å². The van der Waals surface area contributed by atoms with E-state index < -0.39 is 0 Å². The van der Waals surface area contributed by atoms with Crippen LogP contribution in [0, 0.1) is 5.82 Å². The lowest BCUT2D eigenvalue weighted by Crippen LogP contribution is -2.45. The van der Waals surface area contributed by atoms with E-state index in [9.17, 15) is 4.39 Å². The van der Waals surface area contributed by atoms with E-state index >= 15 is 0 Å². The first-order valence-electron chi connectivity index (χ1n) is 7.73. The topological polar surface area (TPSA) is 24.5 Å². The molecule has 0 aromatic heterocycles. The van der Waals surface area contributed by atoms with E-state index in [0.29, 0.717) is 11.6 Å². The number of hydrogen-bond acceptors (Lipinski definition) is 3. The van der Waals surface area contributed by atoms with E-state index in [1.54, 1.807) is 6.07 Å². The molecule has 0 amide bonds. The van der Waals surface area contributed by atoms with Crippen LogP contribution < -0.4 is 10.1 Å². The third-order valence-electron chi connectivity index (χ3n) is 3.85. The van der Waals surface area contributed by atoms with Gasteiger partial charge in [0, 0.05) is 32.2 Å². The summed E-state index contributed by atoms with van der Waals surface area (Å²) in [6, 6.07) is 3.66. The molecule has 0 aliphatic carbocycles. The highest BCUT2D eigenvalue weighted by Gasteiger charge is 2.23. The van der Waals surface area contributed by atoms with Crippen LogP contribution in [-0.2, 0) is 0 Å². The van der Waals surface area contributed by atoms with Crippen LogP contribution in [0.2, 0.25) is 5.02 Å². The summed E-state index contributed by atoms with van der Waals surface area (Å²) in [5.41, 5.74) is 0.949. The first-order valence-corrected chi connectivity index (χ1v) is 8.11. The van der Waals surface area contributed by atoms with Crippen molar-refractivity contribution >= 4 is 11.6 Å². The van der Waals surface area contributed by atoms with Gasteiger partial charge in [-0.05, 0) is 31.0 Å². The SMILES string of the molecule is CCC[C@@H](c1cc(F)c(OCC)c(Cl)c1)N1CCNCC1. The fourth-order valence-electron chi connectivity index (χ4n) is 2.88. The van der Waals surface area contributed by atoms with Gasteiger partial charge in [-0.1, -0.05) is 24.9 Å². The predicted octanol–water partition coefficient (Wildman–Crippen LogP) is 3.62. The minimum atomic E-state index is -0.365. The fourth-order valence-corrected chi connectivity index (χ4v) is 3.15. The number of halogens is 2. The van der Waals surface area contributed by atoms with Crippen LogP contribution in [0.25, 0.3) is 0 Å². The van der Waals surface area contributed by atoms with E-state index in [1.165, 1.54) is 0 Å². The first-order chi connectivity index (χ1) is 10.2. The molecule has 21 heavy (non-hydrogen) atoms. The molecular weight excluding hydrogens is 291 g/mol. The maximum atomic E-state index is 14.2. The summed E-state index contributed by atoms with van der Waals surface area (Å²) in [7, 11) is 0. The van der Waals surface area contributed by atoms with Crippen LogP contribution in [0.5, 0.6) is 5.75 Å². The van der Waals surface area contributed by atoms with Crippen LogP contribution in [0.1, 0.15) is 38.3 Å². The second-order valence-electron chi connectivity index (χ2n) is 5.34.